The Kier molecular flexibility index (Phi) is 7.56. The van der Waals surface area contributed by atoms with Gasteiger partial charge >= 0.3 is 0 Å². The molecule has 0 unspecified atom stereocenters. The molecule has 1 saturated heterocycles. The molecule has 0 aliphatic carbocycles. The minimum Gasteiger partial charge on any atom is -0.480 e. The number of nitrogens with zero attached hydrogens (tertiary/aromatic N) is 6. The number of amides is 1. The number of carbonyl (C=O) groups is 1. The van der Waals surface area contributed by atoms with Crippen molar-refractivity contribution in [1.82, 2.24) is 19.9 Å². The van der Waals surface area contributed by atoms with Gasteiger partial charge in [-0.25, -0.2) is 15.0 Å². The lowest BCUT2D eigenvalue weighted by Crippen LogP contribution is -2.39. The van der Waals surface area contributed by atoms with Crippen molar-refractivity contribution in [3.8, 4) is 34.2 Å². The summed E-state index contributed by atoms with van der Waals surface area (Å²) in [5.74, 6) is 2.02. The first-order valence-electron chi connectivity index (χ1n) is 14.0. The number of piperidine rings is 1. The van der Waals surface area contributed by atoms with Gasteiger partial charge in [0.15, 0.2) is 18.2 Å². The fourth-order valence-electron chi connectivity index (χ4n) is 5.47. The minimum atomic E-state index is -0.0782. The molecule has 2 aliphatic rings. The number of likely N-dealkylation sites (N-methyl/N-ethyl adjacent to an activating group) is 1. The Labute approximate surface area is 239 Å². The smallest absolute Gasteiger partial charge is 0.266 e. The van der Waals surface area contributed by atoms with Crippen LogP contribution >= 0.6 is 0 Å². The molecule has 2 aromatic heterocycles. The molecule has 9 nitrogen and oxygen atoms in total. The number of aromatic nitrogens is 3. The molecule has 0 atom stereocenters. The number of benzene rings is 2. The predicted molar refractivity (Wildman–Crippen MR) is 157 cm³/mol. The van der Waals surface area contributed by atoms with Gasteiger partial charge in [0.1, 0.15) is 11.9 Å². The number of hydrogen-bond donors (Lipinski definition) is 1. The summed E-state index contributed by atoms with van der Waals surface area (Å²) in [6, 6.07) is 24.9. The molecule has 1 N–H and O–H groups in total. The number of ether oxygens (including phenoxy) is 1. The standard InChI is InChI=1S/C32H31N7O2/c1-2-39-30(40)21-41-27-18-26(31(37-32(27)39)24-6-4-3-5-7-24)23-10-8-22(9-11-23)20-38-16-13-25(14-17-38)35-28-12-15-34-29(19-33)36-28/h3-12,15,18,25H,2,13-14,16-17,20-21H2,1H3,(H,34,35,36). The van der Waals surface area contributed by atoms with Crippen molar-refractivity contribution >= 4 is 17.5 Å². The SMILES string of the molecule is CCN1C(=O)COc2cc(-c3ccc(CN4CCC(Nc5ccnc(C#N)n5)CC4)cc3)c(-c3ccccc3)nc21. The van der Waals surface area contributed by atoms with Crippen LogP contribution in [0.15, 0.2) is 72.9 Å². The highest BCUT2D eigenvalue weighted by molar-refractivity contribution is 5.98. The van der Waals surface area contributed by atoms with E-state index in [1.165, 1.54) is 5.56 Å². The van der Waals surface area contributed by atoms with Gasteiger partial charge in [-0.1, -0.05) is 54.6 Å². The van der Waals surface area contributed by atoms with E-state index >= 15 is 0 Å². The average Bonchev–Trinajstić information content (AvgIpc) is 3.02. The number of anilines is 2. The number of nitriles is 1. The zero-order chi connectivity index (χ0) is 28.2. The van der Waals surface area contributed by atoms with Gasteiger partial charge in [-0.3, -0.25) is 14.6 Å². The summed E-state index contributed by atoms with van der Waals surface area (Å²) < 4.78 is 5.82. The molecule has 0 spiro atoms. The Bertz CT molecular complexity index is 1580. The summed E-state index contributed by atoms with van der Waals surface area (Å²) in [5.41, 5.74) is 5.10. The van der Waals surface area contributed by atoms with Crippen LogP contribution in [0.4, 0.5) is 11.6 Å². The molecule has 206 valence electrons. The summed E-state index contributed by atoms with van der Waals surface area (Å²) in [5, 5.41) is 12.5. The van der Waals surface area contributed by atoms with Gasteiger partial charge in [0.2, 0.25) is 5.82 Å². The summed E-state index contributed by atoms with van der Waals surface area (Å²) in [7, 11) is 0. The normalized spacial score (nSPS) is 15.6. The molecular weight excluding hydrogens is 514 g/mol. The van der Waals surface area contributed by atoms with E-state index < -0.39 is 0 Å². The number of likely N-dealkylation sites (tertiary alicyclic amines) is 1. The second-order valence-electron chi connectivity index (χ2n) is 10.3. The summed E-state index contributed by atoms with van der Waals surface area (Å²) in [4.78, 5) is 29.8. The van der Waals surface area contributed by atoms with E-state index in [2.05, 4.69) is 44.5 Å². The lowest BCUT2D eigenvalue weighted by atomic mass is 9.97. The average molecular weight is 546 g/mol. The lowest BCUT2D eigenvalue weighted by Gasteiger charge is -2.32. The van der Waals surface area contributed by atoms with Crippen LogP contribution in [-0.4, -0.2) is 58.0 Å². The van der Waals surface area contributed by atoms with E-state index in [1.54, 1.807) is 11.1 Å². The van der Waals surface area contributed by atoms with Crippen LogP contribution in [0.5, 0.6) is 5.75 Å². The van der Waals surface area contributed by atoms with Crippen LogP contribution in [0.3, 0.4) is 0 Å². The minimum absolute atomic E-state index is 0.0256. The van der Waals surface area contributed by atoms with Gasteiger partial charge in [0.05, 0.1) is 5.69 Å². The number of hydrogen-bond acceptors (Lipinski definition) is 8. The molecule has 6 rings (SSSR count). The number of fused-ring (bicyclic) bond motifs is 1. The first-order valence-corrected chi connectivity index (χ1v) is 14.0. The van der Waals surface area contributed by atoms with Crippen molar-refractivity contribution in [2.24, 2.45) is 0 Å². The third kappa shape index (κ3) is 5.74. The van der Waals surface area contributed by atoms with E-state index in [0.29, 0.717) is 30.0 Å². The zero-order valence-electron chi connectivity index (χ0n) is 23.0. The van der Waals surface area contributed by atoms with E-state index in [9.17, 15) is 4.79 Å². The highest BCUT2D eigenvalue weighted by Crippen LogP contribution is 2.40. The number of nitrogens with one attached hydrogen (secondary N) is 1. The fourth-order valence-corrected chi connectivity index (χ4v) is 5.47. The van der Waals surface area contributed by atoms with Gasteiger partial charge in [0, 0.05) is 49.5 Å². The topological polar surface area (TPSA) is 107 Å². The molecule has 4 aromatic rings. The molecule has 9 heteroatoms. The number of carbonyl (C=O) groups excluding carboxylic acids is 1. The third-order valence-electron chi connectivity index (χ3n) is 7.61. The Hall–Kier alpha value is -4.81. The zero-order valence-corrected chi connectivity index (χ0v) is 23.0. The van der Waals surface area contributed by atoms with Gasteiger partial charge in [0.25, 0.3) is 5.91 Å². The van der Waals surface area contributed by atoms with Crippen LogP contribution in [0.25, 0.3) is 22.4 Å². The first kappa shape index (κ1) is 26.4. The van der Waals surface area contributed by atoms with Gasteiger partial charge < -0.3 is 10.1 Å². The molecule has 0 bridgehead atoms. The maximum absolute atomic E-state index is 12.5. The van der Waals surface area contributed by atoms with Crippen LogP contribution in [0.2, 0.25) is 0 Å². The monoisotopic (exact) mass is 545 g/mol. The van der Waals surface area contributed by atoms with Crippen molar-refractivity contribution in [3.05, 3.63) is 84.3 Å². The molecule has 2 aliphatic heterocycles. The quantitative estimate of drug-likeness (QED) is 0.350. The van der Waals surface area contributed by atoms with Crippen LogP contribution < -0.4 is 15.0 Å². The molecule has 2 aromatic carbocycles. The van der Waals surface area contributed by atoms with Crippen molar-refractivity contribution in [3.63, 3.8) is 0 Å². The Balaban J connectivity index is 1.17. The Morgan fingerprint density at radius 3 is 2.54 bits per heavy atom. The number of pyridine rings is 1. The summed E-state index contributed by atoms with van der Waals surface area (Å²) in [6.45, 7) is 5.35. The van der Waals surface area contributed by atoms with Crippen molar-refractivity contribution in [2.45, 2.75) is 32.4 Å². The summed E-state index contributed by atoms with van der Waals surface area (Å²) >= 11 is 0. The third-order valence-corrected chi connectivity index (χ3v) is 7.61. The van der Waals surface area contributed by atoms with Crippen molar-refractivity contribution < 1.29 is 9.53 Å². The highest BCUT2D eigenvalue weighted by atomic mass is 16.5. The maximum Gasteiger partial charge on any atom is 0.266 e. The molecule has 1 amide bonds. The first-order chi connectivity index (χ1) is 20.1. The second-order valence-corrected chi connectivity index (χ2v) is 10.3. The van der Waals surface area contributed by atoms with Gasteiger partial charge in [-0.2, -0.15) is 5.26 Å². The van der Waals surface area contributed by atoms with Crippen molar-refractivity contribution in [1.29, 1.82) is 5.26 Å². The summed E-state index contributed by atoms with van der Waals surface area (Å²) in [6.07, 6.45) is 3.62. The Morgan fingerprint density at radius 2 is 1.80 bits per heavy atom. The van der Waals surface area contributed by atoms with E-state index in [-0.39, 0.29) is 18.3 Å². The molecular formula is C32H31N7O2. The molecule has 0 saturated carbocycles. The fraction of sp³-hybridized carbons (Fsp3) is 0.281. The van der Waals surface area contributed by atoms with Gasteiger partial charge in [-0.05, 0) is 43.0 Å². The predicted octanol–water partition coefficient (Wildman–Crippen LogP) is 4.90. The van der Waals surface area contributed by atoms with Crippen LogP contribution in [0, 0.1) is 11.3 Å². The molecule has 1 fully saturated rings. The largest absolute Gasteiger partial charge is 0.480 e. The van der Waals surface area contributed by atoms with Gasteiger partial charge in [-0.15, -0.1) is 0 Å². The number of rotatable bonds is 7. The highest BCUT2D eigenvalue weighted by Gasteiger charge is 2.28. The molecule has 41 heavy (non-hydrogen) atoms. The van der Waals surface area contributed by atoms with Crippen LogP contribution in [-0.2, 0) is 11.3 Å². The maximum atomic E-state index is 12.5. The van der Waals surface area contributed by atoms with E-state index in [0.717, 1.165) is 54.9 Å². The van der Waals surface area contributed by atoms with E-state index in [4.69, 9.17) is 15.0 Å². The molecule has 0 radical (unpaired) electrons. The van der Waals surface area contributed by atoms with Crippen LogP contribution in [0.1, 0.15) is 31.2 Å². The Morgan fingerprint density at radius 1 is 1.02 bits per heavy atom. The van der Waals surface area contributed by atoms with E-state index in [1.807, 2.05) is 55.5 Å². The van der Waals surface area contributed by atoms with Crippen molar-refractivity contribution in [2.75, 3.05) is 36.5 Å². The lowest BCUT2D eigenvalue weighted by molar-refractivity contribution is -0.121. The molecule has 4 heterocycles. The second kappa shape index (κ2) is 11.7.